The maximum absolute atomic E-state index is 9.53. The number of hydrogen-bond donors (Lipinski definition) is 0. The van der Waals surface area contributed by atoms with Crippen LogP contribution in [0.5, 0.6) is 0 Å². The molecule has 0 N–H and O–H groups in total. The van der Waals surface area contributed by atoms with E-state index in [0.29, 0.717) is 0 Å². The molecule has 0 amide bonds. The SMILES string of the molecule is CCCC[O-].CCCC[O-].CCCC[O-].CCCC[O-].CCCC[O-].CCCC[O-].[Y+3].[Y+3]. The molecule has 0 fully saturated rings. The fraction of sp³-hybridized carbons (Fsp3) is 1.00. The topological polar surface area (TPSA) is 138 Å². The van der Waals surface area contributed by atoms with Crippen molar-refractivity contribution in [2.75, 3.05) is 39.6 Å². The Bertz CT molecular complexity index is 124. The third kappa shape index (κ3) is 157. The van der Waals surface area contributed by atoms with E-state index in [9.17, 15) is 30.6 Å². The van der Waals surface area contributed by atoms with Crippen LogP contribution in [0.1, 0.15) is 119 Å². The average molecular weight is 617 g/mol. The molecule has 0 aliphatic heterocycles. The Morgan fingerprint density at radius 1 is 0.281 bits per heavy atom. The molecule has 192 valence electrons. The molecule has 6 nitrogen and oxygen atoms in total. The molecular weight excluding hydrogens is 562 g/mol. The molecule has 0 bridgehead atoms. The maximum atomic E-state index is 9.53. The molecule has 0 aromatic heterocycles. The minimum atomic E-state index is 0. The molecule has 0 aliphatic carbocycles. The van der Waals surface area contributed by atoms with Gasteiger partial charge in [0.25, 0.3) is 0 Å². The Labute approximate surface area is 252 Å². The summed E-state index contributed by atoms with van der Waals surface area (Å²) in [6, 6.07) is 0. The van der Waals surface area contributed by atoms with Gasteiger partial charge in [-0.2, -0.15) is 0 Å². The van der Waals surface area contributed by atoms with Crippen LogP contribution in [0.4, 0.5) is 0 Å². The van der Waals surface area contributed by atoms with Crippen molar-refractivity contribution in [1.82, 2.24) is 0 Å². The zero-order chi connectivity index (χ0) is 24.7. The first kappa shape index (κ1) is 54.7. The Morgan fingerprint density at radius 2 is 0.375 bits per heavy atom. The standard InChI is InChI=1S/6C4H9O.2Y/c6*1-2-3-4-5;;/h6*2-4H2,1H3;;/q6*-1;2*+3. The second-order valence-electron chi connectivity index (χ2n) is 6.35. The van der Waals surface area contributed by atoms with Crippen molar-refractivity contribution in [2.24, 2.45) is 0 Å². The van der Waals surface area contributed by atoms with Crippen molar-refractivity contribution < 1.29 is 96.1 Å². The first-order chi connectivity index (χ1) is 14.5. The van der Waals surface area contributed by atoms with Crippen molar-refractivity contribution >= 4 is 0 Å². The van der Waals surface area contributed by atoms with Crippen LogP contribution in [0.15, 0.2) is 0 Å². The summed E-state index contributed by atoms with van der Waals surface area (Å²) >= 11 is 0. The molecule has 32 heavy (non-hydrogen) atoms. The third-order valence-electron chi connectivity index (χ3n) is 2.99. The predicted octanol–water partition coefficient (Wildman–Crippen LogP) is 0.876. The van der Waals surface area contributed by atoms with Gasteiger partial charge in [0.05, 0.1) is 0 Å². The van der Waals surface area contributed by atoms with Crippen LogP contribution in [-0.4, -0.2) is 39.6 Å². The van der Waals surface area contributed by atoms with Crippen molar-refractivity contribution in [3.05, 3.63) is 0 Å². The summed E-state index contributed by atoms with van der Waals surface area (Å²) in [6.07, 6.45) is 11.2. The van der Waals surface area contributed by atoms with Crippen LogP contribution in [0.2, 0.25) is 0 Å². The molecule has 0 radical (unpaired) electrons. The van der Waals surface area contributed by atoms with E-state index in [1.165, 1.54) is 0 Å². The molecule has 0 rings (SSSR count). The van der Waals surface area contributed by atoms with Gasteiger partial charge in [-0.1, -0.05) is 119 Å². The molecule has 0 heterocycles. The predicted molar refractivity (Wildman–Crippen MR) is 119 cm³/mol. The summed E-state index contributed by atoms with van der Waals surface area (Å²) < 4.78 is 0. The van der Waals surface area contributed by atoms with Crippen LogP contribution in [-0.2, 0) is 65.4 Å². The van der Waals surface area contributed by atoms with Crippen LogP contribution in [0, 0.1) is 0 Å². The van der Waals surface area contributed by atoms with Gasteiger partial charge in [0.15, 0.2) is 0 Å². The van der Waals surface area contributed by atoms with E-state index >= 15 is 0 Å². The molecule has 0 unspecified atom stereocenters. The summed E-state index contributed by atoms with van der Waals surface area (Å²) in [5, 5.41) is 57.2. The summed E-state index contributed by atoms with van der Waals surface area (Å²) in [5.41, 5.74) is 0. The summed E-state index contributed by atoms with van der Waals surface area (Å²) in [7, 11) is 0. The number of hydrogen-bond acceptors (Lipinski definition) is 6. The minimum Gasteiger partial charge on any atom is -0.854 e. The Morgan fingerprint density at radius 3 is 0.375 bits per heavy atom. The van der Waals surface area contributed by atoms with Crippen molar-refractivity contribution in [2.45, 2.75) is 119 Å². The molecule has 0 aromatic carbocycles. The van der Waals surface area contributed by atoms with E-state index in [4.69, 9.17) is 0 Å². The Balaban J connectivity index is -0.0000000356. The molecule has 0 spiro atoms. The summed E-state index contributed by atoms with van der Waals surface area (Å²) in [6.45, 7) is 12.6. The summed E-state index contributed by atoms with van der Waals surface area (Å²) in [4.78, 5) is 0. The van der Waals surface area contributed by atoms with E-state index in [2.05, 4.69) is 0 Å². The van der Waals surface area contributed by atoms with Gasteiger partial charge in [0, 0.05) is 0 Å². The third-order valence-corrected chi connectivity index (χ3v) is 2.99. The Kier molecular flexibility index (Phi) is 145. The average Bonchev–Trinajstić information content (AvgIpc) is 2.74. The van der Waals surface area contributed by atoms with E-state index in [-0.39, 0.29) is 105 Å². The maximum Gasteiger partial charge on any atom is 3.00 e. The Hall–Kier alpha value is 1.97. The largest absolute Gasteiger partial charge is 3.00 e. The fourth-order valence-corrected chi connectivity index (χ4v) is 0.866. The molecule has 0 saturated heterocycles. The normalized spacial score (nSPS) is 7.88. The molecule has 0 aliphatic rings. The van der Waals surface area contributed by atoms with E-state index in [1.807, 2.05) is 41.5 Å². The van der Waals surface area contributed by atoms with Crippen molar-refractivity contribution in [3.63, 3.8) is 0 Å². The van der Waals surface area contributed by atoms with Gasteiger partial charge in [0.1, 0.15) is 0 Å². The van der Waals surface area contributed by atoms with E-state index in [0.717, 1.165) is 77.0 Å². The molecule has 0 atom stereocenters. The van der Waals surface area contributed by atoms with E-state index in [1.54, 1.807) is 0 Å². The van der Waals surface area contributed by atoms with E-state index < -0.39 is 0 Å². The molecular formula is C24H54O6Y2. The fourth-order valence-electron chi connectivity index (χ4n) is 0.866. The van der Waals surface area contributed by atoms with Gasteiger partial charge in [-0.05, 0) is 0 Å². The quantitative estimate of drug-likeness (QED) is 0.319. The van der Waals surface area contributed by atoms with Crippen molar-refractivity contribution in [1.29, 1.82) is 0 Å². The zero-order valence-corrected chi connectivity index (χ0v) is 28.0. The van der Waals surface area contributed by atoms with Gasteiger partial charge in [-0.25, -0.2) is 0 Å². The zero-order valence-electron chi connectivity index (χ0n) is 22.3. The summed E-state index contributed by atoms with van der Waals surface area (Å²) in [5.74, 6) is 0. The van der Waals surface area contributed by atoms with Crippen molar-refractivity contribution in [3.8, 4) is 0 Å². The smallest absolute Gasteiger partial charge is 0.854 e. The van der Waals surface area contributed by atoms with Crippen LogP contribution < -0.4 is 30.6 Å². The van der Waals surface area contributed by atoms with Crippen LogP contribution in [0.25, 0.3) is 0 Å². The minimum absolute atomic E-state index is 0. The first-order valence-corrected chi connectivity index (χ1v) is 12.0. The van der Waals surface area contributed by atoms with Gasteiger partial charge in [-0.15, -0.1) is 39.6 Å². The molecule has 0 aromatic rings. The second kappa shape index (κ2) is 84.5. The van der Waals surface area contributed by atoms with Gasteiger partial charge < -0.3 is 30.6 Å². The molecule has 0 saturated carbocycles. The van der Waals surface area contributed by atoms with Gasteiger partial charge in [-0.3, -0.25) is 0 Å². The monoisotopic (exact) mass is 616 g/mol. The van der Waals surface area contributed by atoms with Crippen LogP contribution >= 0.6 is 0 Å². The van der Waals surface area contributed by atoms with Gasteiger partial charge >= 0.3 is 65.4 Å². The first-order valence-electron chi connectivity index (χ1n) is 12.0. The number of unbranched alkanes of at least 4 members (excludes halogenated alkanes) is 6. The molecule has 8 heteroatoms. The van der Waals surface area contributed by atoms with Gasteiger partial charge in [0.2, 0.25) is 0 Å². The second-order valence-corrected chi connectivity index (χ2v) is 6.35. The number of rotatable bonds is 12. The van der Waals surface area contributed by atoms with Crippen LogP contribution in [0.3, 0.4) is 0 Å².